The SMILES string of the molecule is CC(NCC1CCCC1CO)c1ccc(Cl)s1. The van der Waals surface area contributed by atoms with Gasteiger partial charge in [0.2, 0.25) is 0 Å². The van der Waals surface area contributed by atoms with Crippen molar-refractivity contribution in [3.8, 4) is 0 Å². The largest absolute Gasteiger partial charge is 0.396 e. The molecule has 1 aliphatic rings. The van der Waals surface area contributed by atoms with Gasteiger partial charge in [0.15, 0.2) is 0 Å². The molecule has 0 amide bonds. The van der Waals surface area contributed by atoms with Gasteiger partial charge in [-0.1, -0.05) is 18.0 Å². The highest BCUT2D eigenvalue weighted by Gasteiger charge is 2.26. The van der Waals surface area contributed by atoms with Gasteiger partial charge in [0.25, 0.3) is 0 Å². The second-order valence-corrected chi connectivity index (χ2v) is 6.65. The Bertz CT molecular complexity index is 355. The summed E-state index contributed by atoms with van der Waals surface area (Å²) in [5.41, 5.74) is 0. The van der Waals surface area contributed by atoms with Crippen LogP contribution in [0.4, 0.5) is 0 Å². The highest BCUT2D eigenvalue weighted by Crippen LogP contribution is 2.32. The average molecular weight is 274 g/mol. The lowest BCUT2D eigenvalue weighted by molar-refractivity contribution is 0.191. The van der Waals surface area contributed by atoms with E-state index < -0.39 is 0 Å². The van der Waals surface area contributed by atoms with Gasteiger partial charge < -0.3 is 10.4 Å². The topological polar surface area (TPSA) is 32.3 Å². The zero-order valence-electron chi connectivity index (χ0n) is 10.2. The van der Waals surface area contributed by atoms with Crippen molar-refractivity contribution in [3.05, 3.63) is 21.3 Å². The minimum absolute atomic E-state index is 0.339. The number of hydrogen-bond donors (Lipinski definition) is 2. The summed E-state index contributed by atoms with van der Waals surface area (Å²) in [4.78, 5) is 1.29. The molecule has 1 aromatic rings. The standard InChI is InChI=1S/C13H20ClNOS/c1-9(12-5-6-13(14)17-12)15-7-10-3-2-4-11(10)8-16/h5-6,9-11,15-16H,2-4,7-8H2,1H3. The van der Waals surface area contributed by atoms with E-state index in [1.54, 1.807) is 11.3 Å². The van der Waals surface area contributed by atoms with E-state index in [0.29, 0.717) is 24.5 Å². The van der Waals surface area contributed by atoms with Gasteiger partial charge in [-0.15, -0.1) is 11.3 Å². The first-order valence-electron chi connectivity index (χ1n) is 6.30. The summed E-state index contributed by atoms with van der Waals surface area (Å²) >= 11 is 7.57. The molecular weight excluding hydrogens is 254 g/mol. The van der Waals surface area contributed by atoms with Gasteiger partial charge in [-0.3, -0.25) is 0 Å². The van der Waals surface area contributed by atoms with E-state index in [-0.39, 0.29) is 0 Å². The zero-order valence-corrected chi connectivity index (χ0v) is 11.7. The van der Waals surface area contributed by atoms with Gasteiger partial charge in [0, 0.05) is 17.5 Å². The highest BCUT2D eigenvalue weighted by molar-refractivity contribution is 7.16. The summed E-state index contributed by atoms with van der Waals surface area (Å²) in [6, 6.07) is 4.39. The Morgan fingerprint density at radius 2 is 2.24 bits per heavy atom. The zero-order chi connectivity index (χ0) is 12.3. The number of hydrogen-bond acceptors (Lipinski definition) is 3. The van der Waals surface area contributed by atoms with Crippen molar-refractivity contribution < 1.29 is 5.11 Å². The molecule has 0 bridgehead atoms. The summed E-state index contributed by atoms with van der Waals surface area (Å²) in [7, 11) is 0. The average Bonchev–Trinajstić information content (AvgIpc) is 2.94. The Kier molecular flexibility index (Phi) is 4.86. The summed E-state index contributed by atoms with van der Waals surface area (Å²) in [6.07, 6.45) is 3.69. The minimum Gasteiger partial charge on any atom is -0.396 e. The molecule has 3 atom stereocenters. The monoisotopic (exact) mass is 273 g/mol. The number of rotatable bonds is 5. The molecule has 1 aromatic heterocycles. The fraction of sp³-hybridized carbons (Fsp3) is 0.692. The maximum Gasteiger partial charge on any atom is 0.0931 e. The lowest BCUT2D eigenvalue weighted by Crippen LogP contribution is -2.28. The lowest BCUT2D eigenvalue weighted by atomic mass is 9.97. The molecule has 1 saturated carbocycles. The molecule has 0 aliphatic heterocycles. The van der Waals surface area contributed by atoms with E-state index in [9.17, 15) is 5.11 Å². The van der Waals surface area contributed by atoms with Crippen LogP contribution >= 0.6 is 22.9 Å². The Labute approximate surface area is 112 Å². The number of aliphatic hydroxyl groups is 1. The molecule has 1 fully saturated rings. The van der Waals surface area contributed by atoms with Crippen LogP contribution in [0.5, 0.6) is 0 Å². The molecule has 17 heavy (non-hydrogen) atoms. The first kappa shape index (κ1) is 13.3. The molecule has 0 spiro atoms. The summed E-state index contributed by atoms with van der Waals surface area (Å²) in [5.74, 6) is 1.14. The van der Waals surface area contributed by atoms with Crippen LogP contribution in [0.2, 0.25) is 4.34 Å². The molecule has 0 aromatic carbocycles. The second kappa shape index (κ2) is 6.19. The maximum atomic E-state index is 9.28. The highest BCUT2D eigenvalue weighted by atomic mass is 35.5. The minimum atomic E-state index is 0.339. The molecule has 2 N–H and O–H groups in total. The Morgan fingerprint density at radius 3 is 2.88 bits per heavy atom. The van der Waals surface area contributed by atoms with Crippen molar-refractivity contribution in [1.29, 1.82) is 0 Å². The van der Waals surface area contributed by atoms with Crippen molar-refractivity contribution in [2.45, 2.75) is 32.2 Å². The number of aliphatic hydroxyl groups excluding tert-OH is 1. The second-order valence-electron chi connectivity index (χ2n) is 4.91. The van der Waals surface area contributed by atoms with Gasteiger partial charge in [0.05, 0.1) is 4.34 Å². The Hall–Kier alpha value is -0.0900. The van der Waals surface area contributed by atoms with Crippen LogP contribution in [0.1, 0.15) is 37.1 Å². The van der Waals surface area contributed by atoms with Gasteiger partial charge in [-0.25, -0.2) is 0 Å². The van der Waals surface area contributed by atoms with E-state index >= 15 is 0 Å². The first-order valence-corrected chi connectivity index (χ1v) is 7.49. The molecule has 0 saturated heterocycles. The summed E-state index contributed by atoms with van der Waals surface area (Å²) in [6.45, 7) is 3.51. The number of halogens is 1. The van der Waals surface area contributed by atoms with Gasteiger partial charge >= 0.3 is 0 Å². The van der Waals surface area contributed by atoms with Crippen LogP contribution in [-0.2, 0) is 0 Å². The Balaban J connectivity index is 1.81. The number of nitrogens with one attached hydrogen (secondary N) is 1. The van der Waals surface area contributed by atoms with Crippen molar-refractivity contribution in [2.24, 2.45) is 11.8 Å². The molecule has 1 aliphatic carbocycles. The maximum absolute atomic E-state index is 9.28. The quantitative estimate of drug-likeness (QED) is 0.861. The van der Waals surface area contributed by atoms with Crippen molar-refractivity contribution in [2.75, 3.05) is 13.2 Å². The molecular formula is C13H20ClNOS. The van der Waals surface area contributed by atoms with Gasteiger partial charge in [0.1, 0.15) is 0 Å². The van der Waals surface area contributed by atoms with E-state index in [0.717, 1.165) is 10.9 Å². The van der Waals surface area contributed by atoms with E-state index in [2.05, 4.69) is 18.3 Å². The van der Waals surface area contributed by atoms with Crippen molar-refractivity contribution >= 4 is 22.9 Å². The van der Waals surface area contributed by atoms with Gasteiger partial charge in [-0.2, -0.15) is 0 Å². The van der Waals surface area contributed by atoms with Crippen LogP contribution in [-0.4, -0.2) is 18.3 Å². The third-order valence-electron chi connectivity index (χ3n) is 3.76. The van der Waals surface area contributed by atoms with Crippen LogP contribution < -0.4 is 5.32 Å². The van der Waals surface area contributed by atoms with Crippen LogP contribution in [0, 0.1) is 11.8 Å². The fourth-order valence-electron chi connectivity index (χ4n) is 2.61. The molecule has 3 unspecified atom stereocenters. The third kappa shape index (κ3) is 3.44. The summed E-state index contributed by atoms with van der Waals surface area (Å²) in [5, 5.41) is 12.8. The third-order valence-corrected chi connectivity index (χ3v) is 5.17. The van der Waals surface area contributed by atoms with E-state index in [1.165, 1.54) is 24.1 Å². The first-order chi connectivity index (χ1) is 8.20. The predicted molar refractivity (Wildman–Crippen MR) is 73.7 cm³/mol. The smallest absolute Gasteiger partial charge is 0.0931 e. The molecule has 2 nitrogen and oxygen atoms in total. The lowest BCUT2D eigenvalue weighted by Gasteiger charge is -2.20. The molecule has 1 heterocycles. The molecule has 4 heteroatoms. The summed E-state index contributed by atoms with van der Waals surface area (Å²) < 4.78 is 0.850. The van der Waals surface area contributed by atoms with Gasteiger partial charge in [-0.05, 0) is 50.3 Å². The predicted octanol–water partition coefficient (Wildman–Crippen LogP) is 3.46. The fourth-order valence-corrected chi connectivity index (χ4v) is 3.70. The number of thiophene rings is 1. The van der Waals surface area contributed by atoms with Crippen molar-refractivity contribution in [3.63, 3.8) is 0 Å². The van der Waals surface area contributed by atoms with E-state index in [1.807, 2.05) is 6.07 Å². The molecule has 2 rings (SSSR count). The van der Waals surface area contributed by atoms with Crippen LogP contribution in [0.25, 0.3) is 0 Å². The molecule has 0 radical (unpaired) electrons. The van der Waals surface area contributed by atoms with Crippen molar-refractivity contribution in [1.82, 2.24) is 5.32 Å². The van der Waals surface area contributed by atoms with Crippen LogP contribution in [0.3, 0.4) is 0 Å². The van der Waals surface area contributed by atoms with Crippen LogP contribution in [0.15, 0.2) is 12.1 Å². The molecule has 96 valence electrons. The normalized spacial score (nSPS) is 26.3. The Morgan fingerprint density at radius 1 is 1.47 bits per heavy atom. The van der Waals surface area contributed by atoms with E-state index in [4.69, 9.17) is 11.6 Å².